The summed E-state index contributed by atoms with van der Waals surface area (Å²) in [4.78, 5) is 24.1. The normalized spacial score (nSPS) is 11.8. The number of rotatable bonds is 6. The van der Waals surface area contributed by atoms with Gasteiger partial charge in [-0.15, -0.1) is 0 Å². The molecule has 2 aromatic rings. The van der Waals surface area contributed by atoms with Gasteiger partial charge in [0.1, 0.15) is 17.4 Å². The minimum absolute atomic E-state index is 0.0470. The Balaban J connectivity index is 1.90. The number of aromatic hydroxyl groups is 1. The molecule has 0 aromatic heterocycles. The maximum Gasteiger partial charge on any atom is 0.252 e. The molecule has 0 radical (unpaired) electrons. The van der Waals surface area contributed by atoms with Gasteiger partial charge in [0.2, 0.25) is 5.91 Å². The number of hydrogen-bond acceptors (Lipinski definition) is 5. The van der Waals surface area contributed by atoms with Crippen molar-refractivity contribution in [2.75, 3.05) is 12.4 Å². The smallest absolute Gasteiger partial charge is 0.252 e. The number of phenols is 1. The van der Waals surface area contributed by atoms with Gasteiger partial charge in [0.25, 0.3) is 5.91 Å². The van der Waals surface area contributed by atoms with Crippen molar-refractivity contribution in [2.24, 2.45) is 11.0 Å². The molecule has 0 spiro atoms. The molecule has 0 heterocycles. The second kappa shape index (κ2) is 8.49. The van der Waals surface area contributed by atoms with E-state index in [9.17, 15) is 14.7 Å². The van der Waals surface area contributed by atoms with Gasteiger partial charge in [0.05, 0.1) is 13.3 Å². The van der Waals surface area contributed by atoms with Gasteiger partial charge in [-0.1, -0.05) is 12.1 Å². The molecule has 0 saturated heterocycles. The number of amides is 2. The monoisotopic (exact) mass is 341 g/mol. The molecule has 0 bridgehead atoms. The SMILES string of the molecule is COc1ccc(NC(=O)C(C)C(=O)N/N=C/c2ccccc2O)cc1. The number of carbonyl (C=O) groups excluding carboxylic acids is 2. The second-order valence-electron chi connectivity index (χ2n) is 5.23. The quantitative estimate of drug-likeness (QED) is 0.426. The third-order valence-electron chi connectivity index (χ3n) is 3.46. The Morgan fingerprint density at radius 2 is 1.80 bits per heavy atom. The van der Waals surface area contributed by atoms with Gasteiger partial charge in [-0.3, -0.25) is 9.59 Å². The number of nitrogens with zero attached hydrogens (tertiary/aromatic N) is 1. The molecule has 25 heavy (non-hydrogen) atoms. The average Bonchev–Trinajstić information content (AvgIpc) is 2.63. The van der Waals surface area contributed by atoms with Crippen LogP contribution in [0.5, 0.6) is 11.5 Å². The molecule has 130 valence electrons. The van der Waals surface area contributed by atoms with Crippen LogP contribution < -0.4 is 15.5 Å². The average molecular weight is 341 g/mol. The lowest BCUT2D eigenvalue weighted by atomic mass is 10.1. The number of benzene rings is 2. The Kier molecular flexibility index (Phi) is 6.11. The van der Waals surface area contributed by atoms with Gasteiger partial charge < -0.3 is 15.2 Å². The largest absolute Gasteiger partial charge is 0.507 e. The van der Waals surface area contributed by atoms with Crippen molar-refractivity contribution in [3.05, 3.63) is 54.1 Å². The zero-order chi connectivity index (χ0) is 18.2. The Morgan fingerprint density at radius 1 is 1.12 bits per heavy atom. The summed E-state index contributed by atoms with van der Waals surface area (Å²) in [6.07, 6.45) is 1.31. The van der Waals surface area contributed by atoms with Crippen molar-refractivity contribution in [3.63, 3.8) is 0 Å². The van der Waals surface area contributed by atoms with Gasteiger partial charge in [-0.25, -0.2) is 5.43 Å². The first kappa shape index (κ1) is 18.0. The first-order chi connectivity index (χ1) is 12.0. The van der Waals surface area contributed by atoms with Crippen LogP contribution in [0, 0.1) is 5.92 Å². The van der Waals surface area contributed by atoms with Gasteiger partial charge in [-0.05, 0) is 43.3 Å². The number of ether oxygens (including phenoxy) is 1. The zero-order valence-electron chi connectivity index (χ0n) is 13.9. The van der Waals surface area contributed by atoms with Crippen LogP contribution in [-0.2, 0) is 9.59 Å². The Morgan fingerprint density at radius 3 is 2.44 bits per heavy atom. The fourth-order valence-electron chi connectivity index (χ4n) is 1.90. The van der Waals surface area contributed by atoms with E-state index in [4.69, 9.17) is 4.74 Å². The van der Waals surface area contributed by atoms with Crippen molar-refractivity contribution in [1.82, 2.24) is 5.43 Å². The highest BCUT2D eigenvalue weighted by Crippen LogP contribution is 2.16. The summed E-state index contributed by atoms with van der Waals surface area (Å²) in [6, 6.07) is 13.3. The van der Waals surface area contributed by atoms with Crippen LogP contribution in [0.4, 0.5) is 5.69 Å². The molecule has 2 amide bonds. The number of para-hydroxylation sites is 1. The van der Waals surface area contributed by atoms with Crippen LogP contribution in [0.2, 0.25) is 0 Å². The van der Waals surface area contributed by atoms with Gasteiger partial charge in [0.15, 0.2) is 0 Å². The van der Waals surface area contributed by atoms with Crippen molar-refractivity contribution in [3.8, 4) is 11.5 Å². The molecular weight excluding hydrogens is 322 g/mol. The minimum atomic E-state index is -0.941. The lowest BCUT2D eigenvalue weighted by molar-refractivity contribution is -0.131. The summed E-state index contributed by atoms with van der Waals surface area (Å²) in [7, 11) is 1.55. The summed E-state index contributed by atoms with van der Waals surface area (Å²) in [5.41, 5.74) is 3.30. The van der Waals surface area contributed by atoms with E-state index in [-0.39, 0.29) is 5.75 Å². The number of anilines is 1. The van der Waals surface area contributed by atoms with E-state index in [2.05, 4.69) is 15.8 Å². The van der Waals surface area contributed by atoms with E-state index >= 15 is 0 Å². The third kappa shape index (κ3) is 5.07. The van der Waals surface area contributed by atoms with Crippen LogP contribution >= 0.6 is 0 Å². The molecular formula is C18H19N3O4. The van der Waals surface area contributed by atoms with E-state index < -0.39 is 17.7 Å². The van der Waals surface area contributed by atoms with E-state index in [1.54, 1.807) is 49.6 Å². The third-order valence-corrected chi connectivity index (χ3v) is 3.46. The Bertz CT molecular complexity index is 772. The number of hydrogen-bond donors (Lipinski definition) is 3. The summed E-state index contributed by atoms with van der Waals surface area (Å²) in [5, 5.41) is 16.0. The van der Waals surface area contributed by atoms with Gasteiger partial charge >= 0.3 is 0 Å². The fraction of sp³-hybridized carbons (Fsp3) is 0.167. The van der Waals surface area contributed by atoms with E-state index in [1.807, 2.05) is 0 Å². The van der Waals surface area contributed by atoms with Crippen LogP contribution in [-0.4, -0.2) is 30.2 Å². The number of phenolic OH excluding ortho intramolecular Hbond substituents is 1. The van der Waals surface area contributed by atoms with Crippen molar-refractivity contribution in [2.45, 2.75) is 6.92 Å². The first-order valence-corrected chi connectivity index (χ1v) is 7.57. The Labute approximate surface area is 145 Å². The minimum Gasteiger partial charge on any atom is -0.507 e. The Hall–Kier alpha value is -3.35. The zero-order valence-corrected chi connectivity index (χ0v) is 13.9. The molecule has 0 saturated carbocycles. The lowest BCUT2D eigenvalue weighted by Crippen LogP contribution is -2.34. The number of nitrogens with one attached hydrogen (secondary N) is 2. The van der Waals surface area contributed by atoms with Gasteiger partial charge in [-0.2, -0.15) is 5.10 Å². The van der Waals surface area contributed by atoms with Gasteiger partial charge in [0, 0.05) is 11.3 Å². The number of carbonyl (C=O) groups is 2. The molecule has 2 rings (SSSR count). The topological polar surface area (TPSA) is 100 Å². The predicted octanol–water partition coefficient (Wildman–Crippen LogP) is 2.13. The molecule has 0 aliphatic rings. The molecule has 7 nitrogen and oxygen atoms in total. The molecule has 0 fully saturated rings. The number of methoxy groups -OCH3 is 1. The van der Waals surface area contributed by atoms with E-state index in [0.29, 0.717) is 17.0 Å². The predicted molar refractivity (Wildman–Crippen MR) is 94.6 cm³/mol. The van der Waals surface area contributed by atoms with E-state index in [0.717, 1.165) is 0 Å². The fourth-order valence-corrected chi connectivity index (χ4v) is 1.90. The lowest BCUT2D eigenvalue weighted by Gasteiger charge is -2.11. The van der Waals surface area contributed by atoms with Crippen LogP contribution in [0.15, 0.2) is 53.6 Å². The summed E-state index contributed by atoms with van der Waals surface area (Å²) < 4.78 is 5.04. The molecule has 1 atom stereocenters. The summed E-state index contributed by atoms with van der Waals surface area (Å²) in [5.74, 6) is -1.24. The molecule has 2 aromatic carbocycles. The highest BCUT2D eigenvalue weighted by atomic mass is 16.5. The summed E-state index contributed by atoms with van der Waals surface area (Å²) in [6.45, 7) is 1.48. The van der Waals surface area contributed by atoms with Crippen molar-refractivity contribution >= 4 is 23.7 Å². The summed E-state index contributed by atoms with van der Waals surface area (Å²) >= 11 is 0. The molecule has 7 heteroatoms. The van der Waals surface area contributed by atoms with E-state index in [1.165, 1.54) is 19.2 Å². The highest BCUT2D eigenvalue weighted by Gasteiger charge is 2.21. The van der Waals surface area contributed by atoms with Crippen LogP contribution in [0.25, 0.3) is 0 Å². The molecule has 0 aliphatic heterocycles. The highest BCUT2D eigenvalue weighted by molar-refractivity contribution is 6.06. The second-order valence-corrected chi connectivity index (χ2v) is 5.23. The van der Waals surface area contributed by atoms with Crippen molar-refractivity contribution < 1.29 is 19.4 Å². The first-order valence-electron chi connectivity index (χ1n) is 7.57. The number of hydrazone groups is 1. The molecule has 1 unspecified atom stereocenters. The molecule has 3 N–H and O–H groups in total. The van der Waals surface area contributed by atoms with Crippen LogP contribution in [0.3, 0.4) is 0 Å². The maximum absolute atomic E-state index is 12.1. The molecule has 0 aliphatic carbocycles. The van der Waals surface area contributed by atoms with Crippen LogP contribution in [0.1, 0.15) is 12.5 Å². The standard InChI is InChI=1S/C18H19N3O4/c1-12(17(23)20-14-7-9-15(25-2)10-8-14)18(24)21-19-11-13-5-3-4-6-16(13)22/h3-12,22H,1-2H3,(H,20,23)(H,21,24)/b19-11+. The van der Waals surface area contributed by atoms with Crippen molar-refractivity contribution in [1.29, 1.82) is 0 Å². The maximum atomic E-state index is 12.1.